The molecule has 1 saturated heterocycles. The average molecular weight is 236 g/mol. The summed E-state index contributed by atoms with van der Waals surface area (Å²) in [5.74, 6) is 0.987. The number of carbonyl (C=O) groups is 1. The highest BCUT2D eigenvalue weighted by Crippen LogP contribution is 2.20. The molecule has 0 radical (unpaired) electrons. The van der Waals surface area contributed by atoms with E-state index in [0.717, 1.165) is 18.6 Å². The maximum absolute atomic E-state index is 12.0. The van der Waals surface area contributed by atoms with Crippen LogP contribution in [0.3, 0.4) is 0 Å². The number of carbonyl (C=O) groups excluding carboxylic acids is 1. The Hall–Kier alpha value is -1.29. The molecule has 94 valence electrons. The van der Waals surface area contributed by atoms with E-state index in [4.69, 9.17) is 4.42 Å². The fourth-order valence-corrected chi connectivity index (χ4v) is 2.37. The molecule has 1 aromatic heterocycles. The van der Waals surface area contributed by atoms with Gasteiger partial charge in [0, 0.05) is 12.1 Å². The van der Waals surface area contributed by atoms with Gasteiger partial charge in [-0.15, -0.1) is 0 Å². The summed E-state index contributed by atoms with van der Waals surface area (Å²) in [7, 11) is 0. The van der Waals surface area contributed by atoms with Crippen molar-refractivity contribution in [3.05, 3.63) is 23.7 Å². The first-order valence-corrected chi connectivity index (χ1v) is 6.23. The van der Waals surface area contributed by atoms with Crippen LogP contribution in [-0.2, 0) is 0 Å². The van der Waals surface area contributed by atoms with Crippen molar-refractivity contribution < 1.29 is 9.21 Å². The molecule has 2 heterocycles. The van der Waals surface area contributed by atoms with Crippen molar-refractivity contribution in [1.82, 2.24) is 10.4 Å². The first-order valence-electron chi connectivity index (χ1n) is 6.23. The number of aryl methyl sites for hydroxylation is 1. The third-order valence-electron chi connectivity index (χ3n) is 3.39. The van der Waals surface area contributed by atoms with Gasteiger partial charge < -0.3 is 4.42 Å². The predicted octanol–water partition coefficient (Wildman–Crippen LogP) is 2.50. The minimum Gasteiger partial charge on any atom is -0.456 e. The van der Waals surface area contributed by atoms with Crippen molar-refractivity contribution >= 4 is 5.91 Å². The van der Waals surface area contributed by atoms with Crippen LogP contribution in [0.2, 0.25) is 0 Å². The standard InChI is InChI=1S/C13H20N2O2/c1-9-5-4-6-10(2)15(9)14-13(16)12-8-7-11(3)17-12/h7-10H,4-6H2,1-3H3,(H,14,16)/t9-,10-/m1/s1. The summed E-state index contributed by atoms with van der Waals surface area (Å²) >= 11 is 0. The van der Waals surface area contributed by atoms with Gasteiger partial charge in [-0.3, -0.25) is 10.2 Å². The van der Waals surface area contributed by atoms with E-state index in [1.54, 1.807) is 12.1 Å². The molecule has 1 amide bonds. The summed E-state index contributed by atoms with van der Waals surface area (Å²) in [6.07, 6.45) is 3.48. The molecule has 2 rings (SSSR count). The first kappa shape index (κ1) is 12.2. The molecule has 0 bridgehead atoms. The van der Waals surface area contributed by atoms with Gasteiger partial charge in [-0.25, -0.2) is 5.01 Å². The van der Waals surface area contributed by atoms with E-state index in [-0.39, 0.29) is 5.91 Å². The van der Waals surface area contributed by atoms with Crippen molar-refractivity contribution in [1.29, 1.82) is 0 Å². The molecular formula is C13H20N2O2. The Morgan fingerprint density at radius 2 is 2.00 bits per heavy atom. The molecular weight excluding hydrogens is 216 g/mol. The highest BCUT2D eigenvalue weighted by atomic mass is 16.3. The molecule has 0 spiro atoms. The van der Waals surface area contributed by atoms with E-state index >= 15 is 0 Å². The third kappa shape index (κ3) is 2.69. The molecule has 1 fully saturated rings. The lowest BCUT2D eigenvalue weighted by Crippen LogP contribution is -2.54. The second-order valence-corrected chi connectivity index (χ2v) is 4.89. The zero-order chi connectivity index (χ0) is 12.4. The van der Waals surface area contributed by atoms with E-state index in [1.165, 1.54) is 6.42 Å². The van der Waals surface area contributed by atoms with Crippen molar-refractivity contribution in [2.45, 2.75) is 52.1 Å². The maximum Gasteiger partial charge on any atom is 0.301 e. The Morgan fingerprint density at radius 3 is 2.53 bits per heavy atom. The molecule has 2 atom stereocenters. The van der Waals surface area contributed by atoms with E-state index < -0.39 is 0 Å². The maximum atomic E-state index is 12.0. The highest BCUT2D eigenvalue weighted by molar-refractivity contribution is 5.91. The molecule has 1 aliphatic heterocycles. The fourth-order valence-electron chi connectivity index (χ4n) is 2.37. The molecule has 1 aromatic rings. The number of hydrazine groups is 1. The smallest absolute Gasteiger partial charge is 0.301 e. The molecule has 0 aromatic carbocycles. The Labute approximate surface area is 102 Å². The SMILES string of the molecule is Cc1ccc(C(=O)NN2[C@H](C)CCC[C@H]2C)o1. The lowest BCUT2D eigenvalue weighted by Gasteiger charge is -2.38. The number of furan rings is 1. The summed E-state index contributed by atoms with van der Waals surface area (Å²) in [5.41, 5.74) is 2.95. The van der Waals surface area contributed by atoms with Gasteiger partial charge in [0.1, 0.15) is 5.76 Å². The van der Waals surface area contributed by atoms with Crippen molar-refractivity contribution in [2.24, 2.45) is 0 Å². The van der Waals surface area contributed by atoms with Crippen LogP contribution in [0.5, 0.6) is 0 Å². The average Bonchev–Trinajstić information content (AvgIpc) is 2.70. The van der Waals surface area contributed by atoms with Crippen LogP contribution >= 0.6 is 0 Å². The second kappa shape index (κ2) is 4.92. The van der Waals surface area contributed by atoms with Gasteiger partial charge in [-0.05, 0) is 45.7 Å². The zero-order valence-electron chi connectivity index (χ0n) is 10.7. The summed E-state index contributed by atoms with van der Waals surface area (Å²) in [6.45, 7) is 6.12. The number of nitrogens with one attached hydrogen (secondary N) is 1. The summed E-state index contributed by atoms with van der Waals surface area (Å²) in [4.78, 5) is 12.0. The summed E-state index contributed by atoms with van der Waals surface area (Å²) < 4.78 is 5.32. The molecule has 17 heavy (non-hydrogen) atoms. The molecule has 1 aliphatic rings. The van der Waals surface area contributed by atoms with Gasteiger partial charge in [0.05, 0.1) is 0 Å². The number of amides is 1. The van der Waals surface area contributed by atoms with Gasteiger partial charge >= 0.3 is 5.91 Å². The first-order chi connectivity index (χ1) is 8.08. The van der Waals surface area contributed by atoms with Gasteiger partial charge in [0.2, 0.25) is 0 Å². The van der Waals surface area contributed by atoms with Crippen LogP contribution in [-0.4, -0.2) is 23.0 Å². The van der Waals surface area contributed by atoms with Crippen molar-refractivity contribution in [2.75, 3.05) is 0 Å². The van der Waals surface area contributed by atoms with E-state index in [2.05, 4.69) is 19.3 Å². The van der Waals surface area contributed by atoms with Crippen molar-refractivity contribution in [3.8, 4) is 0 Å². The number of piperidine rings is 1. The number of nitrogens with zero attached hydrogens (tertiary/aromatic N) is 1. The number of hydrogen-bond donors (Lipinski definition) is 1. The van der Waals surface area contributed by atoms with Crippen LogP contribution in [0.1, 0.15) is 49.4 Å². The van der Waals surface area contributed by atoms with Crippen LogP contribution in [0.15, 0.2) is 16.5 Å². The summed E-state index contributed by atoms with van der Waals surface area (Å²) in [6, 6.07) is 4.29. The quantitative estimate of drug-likeness (QED) is 0.858. The summed E-state index contributed by atoms with van der Waals surface area (Å²) in [5, 5.41) is 2.05. The number of hydrogen-bond acceptors (Lipinski definition) is 3. The van der Waals surface area contributed by atoms with Gasteiger partial charge in [-0.1, -0.05) is 6.42 Å². The second-order valence-electron chi connectivity index (χ2n) is 4.89. The van der Waals surface area contributed by atoms with Crippen molar-refractivity contribution in [3.63, 3.8) is 0 Å². The van der Waals surface area contributed by atoms with Crippen LogP contribution in [0.4, 0.5) is 0 Å². The van der Waals surface area contributed by atoms with Crippen LogP contribution in [0, 0.1) is 6.92 Å². The molecule has 0 saturated carbocycles. The lowest BCUT2D eigenvalue weighted by molar-refractivity contribution is 0.0350. The van der Waals surface area contributed by atoms with Gasteiger partial charge in [0.15, 0.2) is 5.76 Å². The normalized spacial score (nSPS) is 25.8. The fraction of sp³-hybridized carbons (Fsp3) is 0.615. The lowest BCUT2D eigenvalue weighted by atomic mass is 10.00. The molecule has 0 aliphatic carbocycles. The Morgan fingerprint density at radius 1 is 1.35 bits per heavy atom. The number of rotatable bonds is 2. The Bertz CT molecular complexity index is 390. The van der Waals surface area contributed by atoms with Crippen LogP contribution in [0.25, 0.3) is 0 Å². The Kier molecular flexibility index (Phi) is 3.52. The molecule has 4 heteroatoms. The van der Waals surface area contributed by atoms with E-state index in [9.17, 15) is 4.79 Å². The van der Waals surface area contributed by atoms with Crippen LogP contribution < -0.4 is 5.43 Å². The third-order valence-corrected chi connectivity index (χ3v) is 3.39. The predicted molar refractivity (Wildman–Crippen MR) is 65.5 cm³/mol. The molecule has 4 nitrogen and oxygen atoms in total. The Balaban J connectivity index is 2.02. The molecule has 0 unspecified atom stereocenters. The zero-order valence-corrected chi connectivity index (χ0v) is 10.7. The van der Waals surface area contributed by atoms with Gasteiger partial charge in [-0.2, -0.15) is 0 Å². The largest absolute Gasteiger partial charge is 0.456 e. The topological polar surface area (TPSA) is 45.5 Å². The minimum atomic E-state index is -0.154. The van der Waals surface area contributed by atoms with E-state index in [0.29, 0.717) is 17.8 Å². The minimum absolute atomic E-state index is 0.154. The van der Waals surface area contributed by atoms with Gasteiger partial charge in [0.25, 0.3) is 0 Å². The van der Waals surface area contributed by atoms with E-state index in [1.807, 2.05) is 11.9 Å². The highest BCUT2D eigenvalue weighted by Gasteiger charge is 2.27. The monoisotopic (exact) mass is 236 g/mol. The molecule has 1 N–H and O–H groups in total.